The van der Waals surface area contributed by atoms with Crippen molar-refractivity contribution in [3.05, 3.63) is 24.3 Å². The third-order valence-electron chi connectivity index (χ3n) is 2.82. The van der Waals surface area contributed by atoms with Gasteiger partial charge in [-0.15, -0.1) is 0 Å². The molecular formula is C11H14N2O5S. The van der Waals surface area contributed by atoms with Crippen LogP contribution in [-0.2, 0) is 15.0 Å². The molecule has 1 aliphatic heterocycles. The lowest BCUT2D eigenvalue weighted by Gasteiger charge is -2.35. The number of hydrogen-bond acceptors (Lipinski definition) is 4. The normalized spacial score (nSPS) is 19.3. The number of aliphatic carboxylic acids is 1. The van der Waals surface area contributed by atoms with Crippen molar-refractivity contribution in [3.8, 4) is 5.75 Å². The highest BCUT2D eigenvalue weighted by Crippen LogP contribution is 2.25. The lowest BCUT2D eigenvalue weighted by molar-refractivity contribution is -0.137. The molecule has 0 unspecified atom stereocenters. The molecule has 0 spiro atoms. The number of aromatic hydroxyl groups is 1. The highest BCUT2D eigenvalue weighted by molar-refractivity contribution is 7.90. The molecular weight excluding hydrogens is 272 g/mol. The lowest BCUT2D eigenvalue weighted by Crippen LogP contribution is -2.51. The quantitative estimate of drug-likeness (QED) is 0.829. The molecule has 19 heavy (non-hydrogen) atoms. The number of benzene rings is 1. The fourth-order valence-electron chi connectivity index (χ4n) is 1.95. The van der Waals surface area contributed by atoms with Crippen molar-refractivity contribution >= 4 is 21.9 Å². The minimum Gasteiger partial charge on any atom is -0.508 e. The zero-order valence-electron chi connectivity index (χ0n) is 10.1. The van der Waals surface area contributed by atoms with E-state index < -0.39 is 22.7 Å². The van der Waals surface area contributed by atoms with Crippen LogP contribution in [0.5, 0.6) is 5.75 Å². The van der Waals surface area contributed by atoms with Gasteiger partial charge in [0.15, 0.2) is 0 Å². The third-order valence-corrected chi connectivity index (χ3v) is 4.74. The van der Waals surface area contributed by atoms with Gasteiger partial charge in [0.2, 0.25) is 0 Å². The Morgan fingerprint density at radius 2 is 1.84 bits per heavy atom. The molecule has 0 radical (unpaired) electrons. The first kappa shape index (κ1) is 13.6. The summed E-state index contributed by atoms with van der Waals surface area (Å²) in [6.07, 6.45) is 0.549. The topological polar surface area (TPSA) is 98.2 Å². The second kappa shape index (κ2) is 5.06. The Hall–Kier alpha value is -1.80. The molecule has 1 heterocycles. The zero-order valence-corrected chi connectivity index (χ0v) is 10.9. The third kappa shape index (κ3) is 2.79. The van der Waals surface area contributed by atoms with E-state index in [9.17, 15) is 18.3 Å². The first-order valence-corrected chi connectivity index (χ1v) is 7.09. The number of phenolic OH excluding ortho intramolecular Hbond substituents is 1. The molecule has 2 rings (SSSR count). The number of anilines is 1. The van der Waals surface area contributed by atoms with Gasteiger partial charge in [-0.3, -0.25) is 9.10 Å². The Labute approximate surface area is 110 Å². The van der Waals surface area contributed by atoms with Crippen molar-refractivity contribution in [2.75, 3.05) is 23.9 Å². The summed E-state index contributed by atoms with van der Waals surface area (Å²) in [7, 11) is -3.82. The van der Waals surface area contributed by atoms with Crippen LogP contribution in [0.2, 0.25) is 0 Å². The monoisotopic (exact) mass is 286 g/mol. The second-order valence-electron chi connectivity index (χ2n) is 4.18. The van der Waals surface area contributed by atoms with E-state index in [0.717, 1.165) is 8.61 Å². The van der Waals surface area contributed by atoms with Gasteiger partial charge in [0.1, 0.15) is 12.3 Å². The fourth-order valence-corrected chi connectivity index (χ4v) is 3.61. The van der Waals surface area contributed by atoms with Crippen LogP contribution in [0.15, 0.2) is 24.3 Å². The summed E-state index contributed by atoms with van der Waals surface area (Å²) in [5.41, 5.74) is 0.410. The van der Waals surface area contributed by atoms with E-state index in [-0.39, 0.29) is 12.3 Å². The maximum atomic E-state index is 12.3. The van der Waals surface area contributed by atoms with Crippen molar-refractivity contribution in [1.82, 2.24) is 4.31 Å². The van der Waals surface area contributed by atoms with E-state index in [1.807, 2.05) is 0 Å². The van der Waals surface area contributed by atoms with Gasteiger partial charge in [0.25, 0.3) is 0 Å². The minimum absolute atomic E-state index is 0.0422. The number of hydrogen-bond donors (Lipinski definition) is 2. The van der Waals surface area contributed by atoms with Crippen LogP contribution in [-0.4, -0.2) is 48.5 Å². The van der Waals surface area contributed by atoms with E-state index in [1.165, 1.54) is 24.3 Å². The summed E-state index contributed by atoms with van der Waals surface area (Å²) in [5.74, 6) is -1.14. The highest BCUT2D eigenvalue weighted by atomic mass is 32.2. The molecule has 0 aromatic heterocycles. The molecule has 1 saturated heterocycles. The highest BCUT2D eigenvalue weighted by Gasteiger charge is 2.34. The Kier molecular flexibility index (Phi) is 3.63. The molecule has 8 heteroatoms. The standard InChI is InChI=1S/C11H14N2O5S/c14-10-4-2-9(3-5-10)13-7-1-6-12(8-11(15)16)19(13,17)18/h2-5,14H,1,6-8H2,(H,15,16). The number of rotatable bonds is 3. The Balaban J connectivity index is 2.30. The van der Waals surface area contributed by atoms with E-state index in [4.69, 9.17) is 5.11 Å². The van der Waals surface area contributed by atoms with Crippen LogP contribution in [0.3, 0.4) is 0 Å². The van der Waals surface area contributed by atoms with Crippen LogP contribution >= 0.6 is 0 Å². The molecule has 0 aliphatic carbocycles. The van der Waals surface area contributed by atoms with E-state index in [0.29, 0.717) is 18.7 Å². The average Bonchev–Trinajstić information content (AvgIpc) is 2.33. The van der Waals surface area contributed by atoms with Gasteiger partial charge in [-0.25, -0.2) is 0 Å². The van der Waals surface area contributed by atoms with Crippen molar-refractivity contribution < 1.29 is 23.4 Å². The number of carboxylic acid groups (broad SMARTS) is 1. The summed E-state index contributed by atoms with van der Waals surface area (Å²) < 4.78 is 26.6. The second-order valence-corrected chi connectivity index (χ2v) is 6.03. The van der Waals surface area contributed by atoms with Crippen molar-refractivity contribution in [2.24, 2.45) is 0 Å². The van der Waals surface area contributed by atoms with Gasteiger partial charge < -0.3 is 10.2 Å². The van der Waals surface area contributed by atoms with Gasteiger partial charge in [-0.05, 0) is 30.7 Å². The SMILES string of the molecule is O=C(O)CN1CCCN(c2ccc(O)cc2)S1(=O)=O. The van der Waals surface area contributed by atoms with Crippen LogP contribution in [0.4, 0.5) is 5.69 Å². The average molecular weight is 286 g/mol. The first-order chi connectivity index (χ1) is 8.91. The smallest absolute Gasteiger partial charge is 0.318 e. The molecule has 1 aromatic carbocycles. The molecule has 1 aromatic rings. The predicted molar refractivity (Wildman–Crippen MR) is 68.2 cm³/mol. The minimum atomic E-state index is -3.82. The molecule has 0 atom stereocenters. The Bertz CT molecular complexity index is 569. The first-order valence-electron chi connectivity index (χ1n) is 5.70. The maximum Gasteiger partial charge on any atom is 0.318 e. The van der Waals surface area contributed by atoms with Gasteiger partial charge in [0, 0.05) is 13.1 Å². The largest absolute Gasteiger partial charge is 0.508 e. The number of carbonyl (C=O) groups is 1. The fraction of sp³-hybridized carbons (Fsp3) is 0.364. The summed E-state index contributed by atoms with van der Waals surface area (Å²) in [5, 5.41) is 17.9. The Morgan fingerprint density at radius 3 is 2.42 bits per heavy atom. The predicted octanol–water partition coefficient (Wildman–Crippen LogP) is 0.234. The van der Waals surface area contributed by atoms with Crippen molar-refractivity contribution in [2.45, 2.75) is 6.42 Å². The van der Waals surface area contributed by atoms with Gasteiger partial charge in [-0.2, -0.15) is 12.7 Å². The van der Waals surface area contributed by atoms with Gasteiger partial charge in [-0.1, -0.05) is 0 Å². The summed E-state index contributed by atoms with van der Waals surface area (Å²) in [6, 6.07) is 5.75. The molecule has 0 saturated carbocycles. The maximum absolute atomic E-state index is 12.3. The van der Waals surface area contributed by atoms with Gasteiger partial charge >= 0.3 is 16.2 Å². The van der Waals surface area contributed by atoms with E-state index in [2.05, 4.69) is 0 Å². The lowest BCUT2D eigenvalue weighted by atomic mass is 10.3. The number of nitrogens with zero attached hydrogens (tertiary/aromatic N) is 2. The molecule has 7 nitrogen and oxygen atoms in total. The van der Waals surface area contributed by atoms with Crippen LogP contribution in [0.1, 0.15) is 6.42 Å². The number of carboxylic acids is 1. The molecule has 2 N–H and O–H groups in total. The zero-order chi connectivity index (χ0) is 14.0. The van der Waals surface area contributed by atoms with E-state index in [1.54, 1.807) is 0 Å². The van der Waals surface area contributed by atoms with Crippen LogP contribution in [0, 0.1) is 0 Å². The molecule has 1 fully saturated rings. The van der Waals surface area contributed by atoms with Crippen LogP contribution in [0.25, 0.3) is 0 Å². The van der Waals surface area contributed by atoms with Crippen molar-refractivity contribution in [1.29, 1.82) is 0 Å². The van der Waals surface area contributed by atoms with Gasteiger partial charge in [0.05, 0.1) is 5.69 Å². The Morgan fingerprint density at radius 1 is 1.21 bits per heavy atom. The molecule has 104 valence electrons. The molecule has 0 bridgehead atoms. The van der Waals surface area contributed by atoms with Crippen molar-refractivity contribution in [3.63, 3.8) is 0 Å². The molecule has 0 amide bonds. The number of phenols is 1. The summed E-state index contributed by atoms with van der Waals surface area (Å²) in [4.78, 5) is 10.7. The van der Waals surface area contributed by atoms with E-state index >= 15 is 0 Å². The summed E-state index contributed by atoms with van der Waals surface area (Å²) in [6.45, 7) is -0.0522. The molecule has 1 aliphatic rings. The summed E-state index contributed by atoms with van der Waals surface area (Å²) >= 11 is 0. The van der Waals surface area contributed by atoms with Crippen LogP contribution < -0.4 is 4.31 Å².